The van der Waals surface area contributed by atoms with Crippen molar-refractivity contribution in [3.63, 3.8) is 0 Å². The average Bonchev–Trinajstić information content (AvgIpc) is 2.37. The number of nitrogens with one attached hydrogen (secondary N) is 2. The fraction of sp³-hybridized carbons (Fsp3) is 0.286. The normalized spacial score (nSPS) is 18.7. The zero-order chi connectivity index (χ0) is 14.0. The van der Waals surface area contributed by atoms with Gasteiger partial charge in [-0.3, -0.25) is 4.79 Å². The van der Waals surface area contributed by atoms with E-state index in [2.05, 4.69) is 10.6 Å². The minimum atomic E-state index is -0.302. The van der Waals surface area contributed by atoms with Gasteiger partial charge in [-0.1, -0.05) is 0 Å². The van der Waals surface area contributed by atoms with Crippen molar-refractivity contribution in [2.75, 3.05) is 7.11 Å². The monoisotopic (exact) mass is 260 g/mol. The summed E-state index contributed by atoms with van der Waals surface area (Å²) in [4.78, 5) is 23.3. The predicted molar refractivity (Wildman–Crippen MR) is 71.7 cm³/mol. The Kier molecular flexibility index (Phi) is 3.55. The Bertz CT molecular complexity index is 546. The molecule has 19 heavy (non-hydrogen) atoms. The fourth-order valence-corrected chi connectivity index (χ4v) is 2.17. The van der Waals surface area contributed by atoms with Gasteiger partial charge < -0.3 is 15.4 Å². The molecule has 5 heteroatoms. The Labute approximate surface area is 111 Å². The van der Waals surface area contributed by atoms with Gasteiger partial charge in [0.1, 0.15) is 5.75 Å². The van der Waals surface area contributed by atoms with Gasteiger partial charge in [0.15, 0.2) is 5.78 Å². The molecular formula is C14H16N2O3. The van der Waals surface area contributed by atoms with Gasteiger partial charge >= 0.3 is 6.03 Å². The number of ether oxygens (including phenoxy) is 1. The summed E-state index contributed by atoms with van der Waals surface area (Å²) in [6.45, 7) is 3.29. The molecule has 0 bridgehead atoms. The van der Waals surface area contributed by atoms with Crippen molar-refractivity contribution in [3.05, 3.63) is 35.4 Å². The first-order valence-electron chi connectivity index (χ1n) is 6.00. The SMILES string of the molecule is COc1ccc(C2=C(C(C)=O)C(C)NC(=O)N2)cc1. The number of amides is 2. The minimum Gasteiger partial charge on any atom is -0.497 e. The van der Waals surface area contributed by atoms with E-state index in [1.54, 1.807) is 26.2 Å². The van der Waals surface area contributed by atoms with Crippen LogP contribution in [0.1, 0.15) is 19.4 Å². The number of carbonyl (C=O) groups is 2. The van der Waals surface area contributed by atoms with Crippen molar-refractivity contribution < 1.29 is 14.3 Å². The summed E-state index contributed by atoms with van der Waals surface area (Å²) in [5.41, 5.74) is 1.92. The summed E-state index contributed by atoms with van der Waals surface area (Å²) in [5, 5.41) is 5.38. The van der Waals surface area contributed by atoms with Crippen LogP contribution < -0.4 is 15.4 Å². The molecule has 1 aliphatic heterocycles. The lowest BCUT2D eigenvalue weighted by molar-refractivity contribution is -0.113. The number of methoxy groups -OCH3 is 1. The molecule has 0 fully saturated rings. The zero-order valence-corrected chi connectivity index (χ0v) is 11.1. The van der Waals surface area contributed by atoms with Crippen LogP contribution in [0.25, 0.3) is 5.70 Å². The summed E-state index contributed by atoms with van der Waals surface area (Å²) in [5.74, 6) is 0.660. The van der Waals surface area contributed by atoms with Crippen molar-refractivity contribution in [1.29, 1.82) is 0 Å². The topological polar surface area (TPSA) is 67.4 Å². The number of ketones is 1. The van der Waals surface area contributed by atoms with Crippen LogP contribution in [-0.2, 0) is 4.79 Å². The van der Waals surface area contributed by atoms with Gasteiger partial charge in [0.25, 0.3) is 0 Å². The van der Waals surface area contributed by atoms with Crippen LogP contribution in [0, 0.1) is 0 Å². The van der Waals surface area contributed by atoms with Crippen LogP contribution in [0.3, 0.4) is 0 Å². The van der Waals surface area contributed by atoms with Crippen LogP contribution >= 0.6 is 0 Å². The first kappa shape index (κ1) is 13.1. The summed E-state index contributed by atoms with van der Waals surface area (Å²) >= 11 is 0. The molecule has 1 heterocycles. The van der Waals surface area contributed by atoms with Crippen LogP contribution in [0.4, 0.5) is 4.79 Å². The summed E-state index contributed by atoms with van der Waals surface area (Å²) in [6, 6.07) is 6.61. The maximum atomic E-state index is 11.7. The molecule has 1 unspecified atom stereocenters. The largest absolute Gasteiger partial charge is 0.497 e. The standard InChI is InChI=1S/C14H16N2O3/c1-8-12(9(2)17)13(16-14(18)15-8)10-4-6-11(19-3)7-5-10/h4-8H,1-3H3,(H2,15,16,18). The third kappa shape index (κ3) is 2.59. The number of carbonyl (C=O) groups excluding carboxylic acids is 2. The molecule has 0 aliphatic carbocycles. The molecule has 1 aromatic rings. The molecule has 0 saturated heterocycles. The van der Waals surface area contributed by atoms with E-state index in [1.165, 1.54) is 6.92 Å². The van der Waals surface area contributed by atoms with E-state index in [-0.39, 0.29) is 17.9 Å². The Morgan fingerprint density at radius 2 is 1.89 bits per heavy atom. The highest BCUT2D eigenvalue weighted by Gasteiger charge is 2.27. The van der Waals surface area contributed by atoms with Crippen LogP contribution in [0.2, 0.25) is 0 Å². The molecule has 5 nitrogen and oxygen atoms in total. The first-order chi connectivity index (χ1) is 9.02. The van der Waals surface area contributed by atoms with E-state index < -0.39 is 0 Å². The van der Waals surface area contributed by atoms with E-state index in [1.807, 2.05) is 12.1 Å². The molecule has 2 rings (SSSR count). The quantitative estimate of drug-likeness (QED) is 0.869. The molecule has 1 aromatic carbocycles. The van der Waals surface area contributed by atoms with Crippen molar-refractivity contribution in [1.82, 2.24) is 10.6 Å². The summed E-state index contributed by atoms with van der Waals surface area (Å²) < 4.78 is 5.09. The molecule has 0 saturated carbocycles. The molecule has 2 amide bonds. The van der Waals surface area contributed by atoms with Crippen LogP contribution in [0.5, 0.6) is 5.75 Å². The molecule has 0 radical (unpaired) electrons. The molecular weight excluding hydrogens is 244 g/mol. The van der Waals surface area contributed by atoms with E-state index in [0.717, 1.165) is 11.3 Å². The number of urea groups is 1. The molecule has 0 spiro atoms. The van der Waals surface area contributed by atoms with Crippen molar-refractivity contribution >= 4 is 17.5 Å². The lowest BCUT2D eigenvalue weighted by Gasteiger charge is -2.26. The summed E-state index contributed by atoms with van der Waals surface area (Å²) in [7, 11) is 1.59. The number of benzene rings is 1. The highest BCUT2D eigenvalue weighted by atomic mass is 16.5. The molecule has 2 N–H and O–H groups in total. The third-order valence-corrected chi connectivity index (χ3v) is 3.05. The number of rotatable bonds is 3. The maximum absolute atomic E-state index is 11.7. The molecule has 1 aliphatic rings. The number of Topliss-reactive ketones (excluding diaryl/α,β-unsaturated/α-hetero) is 1. The van der Waals surface area contributed by atoms with Crippen LogP contribution in [-0.4, -0.2) is 25.0 Å². The highest BCUT2D eigenvalue weighted by Crippen LogP contribution is 2.24. The first-order valence-corrected chi connectivity index (χ1v) is 6.00. The smallest absolute Gasteiger partial charge is 0.319 e. The minimum absolute atomic E-state index is 0.0641. The Balaban J connectivity index is 2.50. The number of hydrogen-bond donors (Lipinski definition) is 2. The van der Waals surface area contributed by atoms with Gasteiger partial charge in [-0.05, 0) is 43.7 Å². The van der Waals surface area contributed by atoms with Gasteiger partial charge in [0.2, 0.25) is 0 Å². The second-order valence-electron chi connectivity index (χ2n) is 4.39. The second kappa shape index (κ2) is 5.14. The van der Waals surface area contributed by atoms with E-state index in [4.69, 9.17) is 4.74 Å². The lowest BCUT2D eigenvalue weighted by atomic mass is 9.96. The average molecular weight is 260 g/mol. The van der Waals surface area contributed by atoms with Gasteiger partial charge in [0.05, 0.1) is 18.8 Å². The van der Waals surface area contributed by atoms with Gasteiger partial charge in [-0.2, -0.15) is 0 Å². The summed E-state index contributed by atoms with van der Waals surface area (Å²) in [6.07, 6.45) is 0. The van der Waals surface area contributed by atoms with E-state index >= 15 is 0 Å². The maximum Gasteiger partial charge on any atom is 0.319 e. The second-order valence-corrected chi connectivity index (χ2v) is 4.39. The van der Waals surface area contributed by atoms with E-state index in [9.17, 15) is 9.59 Å². The Morgan fingerprint density at radius 1 is 1.26 bits per heavy atom. The van der Waals surface area contributed by atoms with Gasteiger partial charge in [0, 0.05) is 5.57 Å². The van der Waals surface area contributed by atoms with Crippen molar-refractivity contribution in [2.24, 2.45) is 0 Å². The van der Waals surface area contributed by atoms with Crippen molar-refractivity contribution in [2.45, 2.75) is 19.9 Å². The van der Waals surface area contributed by atoms with Crippen molar-refractivity contribution in [3.8, 4) is 5.75 Å². The molecule has 1 atom stereocenters. The Hall–Kier alpha value is -2.30. The Morgan fingerprint density at radius 3 is 2.42 bits per heavy atom. The van der Waals surface area contributed by atoms with Gasteiger partial charge in [-0.25, -0.2) is 4.79 Å². The zero-order valence-electron chi connectivity index (χ0n) is 11.1. The predicted octanol–water partition coefficient (Wildman–Crippen LogP) is 1.70. The molecule has 0 aromatic heterocycles. The van der Waals surface area contributed by atoms with Gasteiger partial charge in [-0.15, -0.1) is 0 Å². The van der Waals surface area contributed by atoms with Crippen LogP contribution in [0.15, 0.2) is 29.8 Å². The number of hydrogen-bond acceptors (Lipinski definition) is 3. The highest BCUT2D eigenvalue weighted by molar-refractivity contribution is 6.06. The third-order valence-electron chi connectivity index (χ3n) is 3.05. The lowest BCUT2D eigenvalue weighted by Crippen LogP contribution is -2.47. The fourth-order valence-electron chi connectivity index (χ4n) is 2.17. The molecule has 100 valence electrons. The van der Waals surface area contributed by atoms with E-state index in [0.29, 0.717) is 11.3 Å².